The average molecular weight is 482 g/mol. The van der Waals surface area contributed by atoms with Crippen molar-refractivity contribution < 1.29 is 22.7 Å². The molecule has 11 heteroatoms. The number of aromatic nitrogens is 4. The smallest absolute Gasteiger partial charge is 0.416 e. The molecule has 2 N–H and O–H groups in total. The Hall–Kier alpha value is -4.41. The van der Waals surface area contributed by atoms with Crippen LogP contribution in [0.4, 0.5) is 29.3 Å². The van der Waals surface area contributed by atoms with Crippen molar-refractivity contribution >= 4 is 17.4 Å². The molecule has 0 spiro atoms. The van der Waals surface area contributed by atoms with E-state index in [4.69, 9.17) is 4.74 Å². The average Bonchev–Trinajstić information content (AvgIpc) is 3.12. The second kappa shape index (κ2) is 9.45. The Morgan fingerprint density at radius 2 is 1.66 bits per heavy atom. The molecule has 35 heavy (non-hydrogen) atoms. The fraction of sp³-hybridized carbons (Fsp3) is 0.167. The molecule has 2 aromatic carbocycles. The van der Waals surface area contributed by atoms with E-state index in [1.54, 1.807) is 43.6 Å². The quantitative estimate of drug-likeness (QED) is 0.362. The Labute approximate surface area is 198 Å². The molecule has 0 radical (unpaired) electrons. The number of hydrogen-bond acceptors (Lipinski definition) is 5. The molecule has 0 fully saturated rings. The largest absolute Gasteiger partial charge is 0.439 e. The highest BCUT2D eigenvalue weighted by molar-refractivity contribution is 5.99. The van der Waals surface area contributed by atoms with E-state index in [9.17, 15) is 18.0 Å². The fourth-order valence-electron chi connectivity index (χ4n) is 3.22. The maximum absolute atomic E-state index is 12.8. The standard InChI is InChI=1S/C24H21F3N6O2/c1-14-15(2)33(13-28-14)21-12-22(30-16(3)29-21)35-20-9-7-18(8-10-20)31-23(34)32-19-6-4-5-17(11-19)24(25,26)27/h4-13H,1-3H3,(H2,31,32,34). The highest BCUT2D eigenvalue weighted by atomic mass is 19.4. The minimum atomic E-state index is -4.50. The molecular weight excluding hydrogens is 461 g/mol. The molecule has 8 nitrogen and oxygen atoms in total. The number of nitrogens with one attached hydrogen (secondary N) is 2. The van der Waals surface area contributed by atoms with Crippen LogP contribution in [0.5, 0.6) is 11.6 Å². The van der Waals surface area contributed by atoms with Crippen LogP contribution < -0.4 is 15.4 Å². The zero-order valence-corrected chi connectivity index (χ0v) is 19.0. The van der Waals surface area contributed by atoms with E-state index < -0.39 is 17.8 Å². The highest BCUT2D eigenvalue weighted by Gasteiger charge is 2.30. The summed E-state index contributed by atoms with van der Waals surface area (Å²) in [6, 6.07) is 11.8. The molecular formula is C24H21F3N6O2. The van der Waals surface area contributed by atoms with E-state index in [1.807, 2.05) is 18.4 Å². The van der Waals surface area contributed by atoms with Crippen LogP contribution in [0.2, 0.25) is 0 Å². The molecule has 0 aliphatic heterocycles. The van der Waals surface area contributed by atoms with E-state index in [0.717, 1.165) is 23.5 Å². The van der Waals surface area contributed by atoms with Crippen LogP contribution in [0, 0.1) is 20.8 Å². The van der Waals surface area contributed by atoms with E-state index >= 15 is 0 Å². The molecule has 4 aromatic rings. The number of urea groups is 1. The van der Waals surface area contributed by atoms with Crippen molar-refractivity contribution in [1.29, 1.82) is 0 Å². The van der Waals surface area contributed by atoms with Crippen LogP contribution in [-0.2, 0) is 6.18 Å². The molecule has 180 valence electrons. The number of ether oxygens (including phenoxy) is 1. The molecule has 0 aliphatic carbocycles. The summed E-state index contributed by atoms with van der Waals surface area (Å²) in [6.45, 7) is 5.60. The van der Waals surface area contributed by atoms with E-state index in [2.05, 4.69) is 25.6 Å². The van der Waals surface area contributed by atoms with Crippen LogP contribution >= 0.6 is 0 Å². The third-order valence-electron chi connectivity index (χ3n) is 5.08. The van der Waals surface area contributed by atoms with E-state index in [-0.39, 0.29) is 5.69 Å². The summed E-state index contributed by atoms with van der Waals surface area (Å²) in [7, 11) is 0. The summed E-state index contributed by atoms with van der Waals surface area (Å²) in [5.74, 6) is 1.95. The number of anilines is 2. The number of carbonyl (C=O) groups is 1. The SMILES string of the molecule is Cc1nc(Oc2ccc(NC(=O)Nc3cccc(C(F)(F)F)c3)cc2)cc(-n2cnc(C)c2C)n1. The first-order chi connectivity index (χ1) is 16.6. The van der Waals surface area contributed by atoms with Gasteiger partial charge in [0.25, 0.3) is 0 Å². The number of aryl methyl sites for hydroxylation is 2. The normalized spacial score (nSPS) is 11.3. The van der Waals surface area contributed by atoms with Crippen molar-refractivity contribution in [2.45, 2.75) is 26.9 Å². The topological polar surface area (TPSA) is 94.0 Å². The zero-order valence-electron chi connectivity index (χ0n) is 19.0. The summed E-state index contributed by atoms with van der Waals surface area (Å²) in [4.78, 5) is 25.2. The van der Waals surface area contributed by atoms with Crippen molar-refractivity contribution in [2.75, 3.05) is 10.6 Å². The van der Waals surface area contributed by atoms with E-state index in [1.165, 1.54) is 12.1 Å². The lowest BCUT2D eigenvalue weighted by Gasteiger charge is -2.12. The molecule has 0 aliphatic rings. The highest BCUT2D eigenvalue weighted by Crippen LogP contribution is 2.30. The first-order valence-electron chi connectivity index (χ1n) is 10.5. The summed E-state index contributed by atoms with van der Waals surface area (Å²) in [5, 5.41) is 4.95. The first kappa shape index (κ1) is 23.7. The van der Waals surface area contributed by atoms with Crippen LogP contribution in [-0.4, -0.2) is 25.6 Å². The molecule has 0 saturated carbocycles. The number of alkyl halides is 3. The van der Waals surface area contributed by atoms with Crippen molar-refractivity contribution in [3.63, 3.8) is 0 Å². The van der Waals surface area contributed by atoms with Gasteiger partial charge in [0.1, 0.15) is 23.7 Å². The van der Waals surface area contributed by atoms with Gasteiger partial charge in [-0.1, -0.05) is 6.07 Å². The summed E-state index contributed by atoms with van der Waals surface area (Å²) >= 11 is 0. The zero-order chi connectivity index (χ0) is 25.2. The van der Waals surface area contributed by atoms with Gasteiger partial charge in [0.15, 0.2) is 0 Å². The summed E-state index contributed by atoms with van der Waals surface area (Å²) < 4.78 is 46.2. The number of hydrogen-bond donors (Lipinski definition) is 2. The fourth-order valence-corrected chi connectivity index (χ4v) is 3.22. The molecule has 2 amide bonds. The van der Waals surface area contributed by atoms with Gasteiger partial charge in [0.2, 0.25) is 5.88 Å². The van der Waals surface area contributed by atoms with E-state index in [0.29, 0.717) is 29.0 Å². The van der Waals surface area contributed by atoms with Gasteiger partial charge in [-0.3, -0.25) is 4.57 Å². The monoisotopic (exact) mass is 482 g/mol. The first-order valence-corrected chi connectivity index (χ1v) is 10.5. The van der Waals surface area contributed by atoms with Gasteiger partial charge in [-0.15, -0.1) is 0 Å². The molecule has 0 saturated heterocycles. The maximum Gasteiger partial charge on any atom is 0.416 e. The molecule has 0 unspecified atom stereocenters. The summed E-state index contributed by atoms with van der Waals surface area (Å²) in [6.07, 6.45) is -2.81. The molecule has 2 aromatic heterocycles. The van der Waals surface area contributed by atoms with Crippen LogP contribution in [0.15, 0.2) is 60.9 Å². The van der Waals surface area contributed by atoms with Gasteiger partial charge < -0.3 is 15.4 Å². The van der Waals surface area contributed by atoms with Gasteiger partial charge in [0.05, 0.1) is 11.3 Å². The van der Waals surface area contributed by atoms with Crippen molar-refractivity contribution in [3.05, 3.63) is 83.7 Å². The number of nitrogens with zero attached hydrogens (tertiary/aromatic N) is 4. The van der Waals surface area contributed by atoms with Gasteiger partial charge >= 0.3 is 12.2 Å². The minimum Gasteiger partial charge on any atom is -0.439 e. The number of amides is 2. The lowest BCUT2D eigenvalue weighted by Crippen LogP contribution is -2.19. The predicted molar refractivity (Wildman–Crippen MR) is 124 cm³/mol. The third-order valence-corrected chi connectivity index (χ3v) is 5.08. The van der Waals surface area contributed by atoms with Crippen molar-refractivity contribution in [2.24, 2.45) is 0 Å². The van der Waals surface area contributed by atoms with Crippen LogP contribution in [0.1, 0.15) is 22.8 Å². The second-order valence-corrected chi connectivity index (χ2v) is 7.68. The minimum absolute atomic E-state index is 0.0236. The van der Waals surface area contributed by atoms with Crippen LogP contribution in [0.25, 0.3) is 5.82 Å². The Balaban J connectivity index is 1.42. The lowest BCUT2D eigenvalue weighted by molar-refractivity contribution is -0.137. The Kier molecular flexibility index (Phi) is 6.41. The molecule has 4 rings (SSSR count). The number of rotatable bonds is 5. The van der Waals surface area contributed by atoms with Gasteiger partial charge in [-0.2, -0.15) is 18.2 Å². The lowest BCUT2D eigenvalue weighted by atomic mass is 10.2. The van der Waals surface area contributed by atoms with Crippen LogP contribution in [0.3, 0.4) is 0 Å². The number of carbonyl (C=O) groups excluding carboxylic acids is 1. The van der Waals surface area contributed by atoms with Gasteiger partial charge in [-0.05, 0) is 63.2 Å². The summed E-state index contributed by atoms with van der Waals surface area (Å²) in [5.41, 5.74) is 1.44. The third kappa shape index (κ3) is 5.75. The number of imidazole rings is 1. The predicted octanol–water partition coefficient (Wildman–Crippen LogP) is 6.04. The maximum atomic E-state index is 12.8. The van der Waals surface area contributed by atoms with Gasteiger partial charge in [0, 0.05) is 23.1 Å². The van der Waals surface area contributed by atoms with Crippen molar-refractivity contribution in [3.8, 4) is 17.4 Å². The van der Waals surface area contributed by atoms with Crippen molar-refractivity contribution in [1.82, 2.24) is 19.5 Å². The second-order valence-electron chi connectivity index (χ2n) is 7.68. The Bertz CT molecular complexity index is 1370. The Morgan fingerprint density at radius 3 is 2.31 bits per heavy atom. The molecule has 0 atom stereocenters. The Morgan fingerprint density at radius 1 is 0.943 bits per heavy atom. The molecule has 2 heterocycles. The number of halogens is 3. The number of benzene rings is 2. The molecule has 0 bridgehead atoms. The van der Waals surface area contributed by atoms with Gasteiger partial charge in [-0.25, -0.2) is 14.8 Å².